The van der Waals surface area contributed by atoms with E-state index in [9.17, 15) is 18.3 Å². The van der Waals surface area contributed by atoms with Crippen LogP contribution in [0.4, 0.5) is 13.2 Å². The highest BCUT2D eigenvalue weighted by atomic mass is 19.4. The van der Waals surface area contributed by atoms with Crippen LogP contribution in [0.1, 0.15) is 50.8 Å². The van der Waals surface area contributed by atoms with Crippen LogP contribution >= 0.6 is 0 Å². The molecule has 1 fully saturated rings. The van der Waals surface area contributed by atoms with E-state index in [2.05, 4.69) is 15.3 Å². The molecule has 0 bridgehead atoms. The van der Waals surface area contributed by atoms with Crippen molar-refractivity contribution in [3.05, 3.63) is 47.9 Å². The average molecular weight is 479 g/mol. The quantitative estimate of drug-likeness (QED) is 0.545. The van der Waals surface area contributed by atoms with Gasteiger partial charge in [-0.1, -0.05) is 0 Å². The predicted octanol–water partition coefficient (Wildman–Crippen LogP) is 4.45. The van der Waals surface area contributed by atoms with Crippen LogP contribution in [0.2, 0.25) is 0 Å². The van der Waals surface area contributed by atoms with Crippen molar-refractivity contribution in [3.63, 3.8) is 0 Å². The molecule has 1 saturated heterocycles. The molecule has 184 valence electrons. The molecule has 34 heavy (non-hydrogen) atoms. The van der Waals surface area contributed by atoms with E-state index in [1.54, 1.807) is 32.2 Å². The van der Waals surface area contributed by atoms with Gasteiger partial charge in [-0.15, -0.1) is 0 Å². The van der Waals surface area contributed by atoms with Crippen LogP contribution in [0.5, 0.6) is 11.6 Å². The van der Waals surface area contributed by atoms with Gasteiger partial charge in [-0.05, 0) is 45.7 Å². The number of methoxy groups -OCH3 is 1. The van der Waals surface area contributed by atoms with Gasteiger partial charge in [-0.3, -0.25) is 0 Å². The third-order valence-electron chi connectivity index (χ3n) is 6.19. The molecule has 0 radical (unpaired) electrons. The lowest BCUT2D eigenvalue weighted by atomic mass is 9.80. The Morgan fingerprint density at radius 2 is 2.00 bits per heavy atom. The first-order valence-electron chi connectivity index (χ1n) is 11.2. The Kier molecular flexibility index (Phi) is 6.48. The number of fused-ring (bicyclic) bond motifs is 1. The monoisotopic (exact) mass is 478 g/mol. The Labute approximate surface area is 195 Å². The SMILES string of the molecule is COc1ccc(C2(O)CC(C)NC(COc3cc(C(F)(F)F)c4c(c3)ncn4C(C)C)C2)cn1. The van der Waals surface area contributed by atoms with E-state index in [0.717, 1.165) is 6.07 Å². The molecule has 0 spiro atoms. The van der Waals surface area contributed by atoms with Gasteiger partial charge in [-0.2, -0.15) is 13.2 Å². The minimum Gasteiger partial charge on any atom is -0.492 e. The molecule has 0 amide bonds. The number of alkyl halides is 3. The van der Waals surface area contributed by atoms with Crippen molar-refractivity contribution in [2.75, 3.05) is 13.7 Å². The zero-order chi connectivity index (χ0) is 24.7. The van der Waals surface area contributed by atoms with Crippen molar-refractivity contribution in [3.8, 4) is 11.6 Å². The van der Waals surface area contributed by atoms with Crippen molar-refractivity contribution in [1.29, 1.82) is 0 Å². The van der Waals surface area contributed by atoms with Gasteiger partial charge in [0.15, 0.2) is 0 Å². The van der Waals surface area contributed by atoms with E-state index < -0.39 is 17.3 Å². The van der Waals surface area contributed by atoms with Gasteiger partial charge in [0, 0.05) is 42.0 Å². The molecule has 1 aliphatic heterocycles. The number of aromatic nitrogens is 3. The second kappa shape index (κ2) is 9.07. The van der Waals surface area contributed by atoms with Crippen molar-refractivity contribution < 1.29 is 27.8 Å². The summed E-state index contributed by atoms with van der Waals surface area (Å²) in [4.78, 5) is 8.36. The summed E-state index contributed by atoms with van der Waals surface area (Å²) >= 11 is 0. The number of ether oxygens (including phenoxy) is 2. The highest BCUT2D eigenvalue weighted by Gasteiger charge is 2.40. The topological polar surface area (TPSA) is 81.4 Å². The summed E-state index contributed by atoms with van der Waals surface area (Å²) < 4.78 is 54.0. The summed E-state index contributed by atoms with van der Waals surface area (Å²) in [5, 5.41) is 14.7. The molecular formula is C24H29F3N4O3. The van der Waals surface area contributed by atoms with Gasteiger partial charge < -0.3 is 24.5 Å². The largest absolute Gasteiger partial charge is 0.492 e. The molecule has 1 aliphatic rings. The minimum absolute atomic E-state index is 0.0376. The van der Waals surface area contributed by atoms with Gasteiger partial charge in [-0.25, -0.2) is 9.97 Å². The molecule has 3 atom stereocenters. The third-order valence-corrected chi connectivity index (χ3v) is 6.19. The van der Waals surface area contributed by atoms with E-state index in [1.807, 2.05) is 6.92 Å². The Bertz CT molecular complexity index is 1150. The van der Waals surface area contributed by atoms with Gasteiger partial charge in [0.1, 0.15) is 12.4 Å². The lowest BCUT2D eigenvalue weighted by molar-refractivity contribution is -0.136. The smallest absolute Gasteiger partial charge is 0.418 e. The number of nitrogens with one attached hydrogen (secondary N) is 1. The van der Waals surface area contributed by atoms with E-state index in [-0.39, 0.29) is 41.5 Å². The van der Waals surface area contributed by atoms with Gasteiger partial charge >= 0.3 is 6.18 Å². The molecule has 3 heterocycles. The molecule has 1 aromatic carbocycles. The van der Waals surface area contributed by atoms with Crippen molar-refractivity contribution in [2.24, 2.45) is 0 Å². The average Bonchev–Trinajstić information content (AvgIpc) is 3.20. The van der Waals surface area contributed by atoms with Crippen molar-refractivity contribution >= 4 is 11.0 Å². The Balaban J connectivity index is 1.56. The fourth-order valence-electron chi connectivity index (χ4n) is 4.67. The number of nitrogens with zero attached hydrogens (tertiary/aromatic N) is 3. The molecule has 3 aromatic rings. The lowest BCUT2D eigenvalue weighted by Crippen LogP contribution is -2.53. The first-order valence-corrected chi connectivity index (χ1v) is 11.2. The maximum atomic E-state index is 13.9. The highest BCUT2D eigenvalue weighted by molar-refractivity contribution is 5.81. The summed E-state index contributed by atoms with van der Waals surface area (Å²) in [5.74, 6) is 0.536. The number of piperidine rings is 1. The Morgan fingerprint density at radius 1 is 1.24 bits per heavy atom. The lowest BCUT2D eigenvalue weighted by Gasteiger charge is -2.41. The van der Waals surface area contributed by atoms with Crippen LogP contribution in [-0.4, -0.2) is 45.4 Å². The van der Waals surface area contributed by atoms with Gasteiger partial charge in [0.05, 0.1) is 35.6 Å². The molecule has 7 nitrogen and oxygen atoms in total. The number of aliphatic hydroxyl groups is 1. The third kappa shape index (κ3) is 4.83. The maximum Gasteiger partial charge on any atom is 0.418 e. The zero-order valence-electron chi connectivity index (χ0n) is 19.6. The number of hydrogen-bond donors (Lipinski definition) is 2. The van der Waals surface area contributed by atoms with E-state index in [0.29, 0.717) is 24.3 Å². The van der Waals surface area contributed by atoms with Crippen LogP contribution in [0, 0.1) is 0 Å². The number of rotatable bonds is 6. The van der Waals surface area contributed by atoms with Crippen molar-refractivity contribution in [1.82, 2.24) is 19.9 Å². The van der Waals surface area contributed by atoms with E-state index >= 15 is 0 Å². The predicted molar refractivity (Wildman–Crippen MR) is 121 cm³/mol. The number of pyridine rings is 1. The molecule has 0 saturated carbocycles. The Hall–Kier alpha value is -2.85. The fraction of sp³-hybridized carbons (Fsp3) is 0.500. The molecule has 10 heteroatoms. The van der Waals surface area contributed by atoms with Crippen LogP contribution in [-0.2, 0) is 11.8 Å². The summed E-state index contributed by atoms with van der Waals surface area (Å²) in [6.45, 7) is 5.65. The van der Waals surface area contributed by atoms with Crippen molar-refractivity contribution in [2.45, 2.75) is 63.5 Å². The summed E-state index contributed by atoms with van der Waals surface area (Å²) in [6, 6.07) is 5.52. The minimum atomic E-state index is -4.55. The second-order valence-electron chi connectivity index (χ2n) is 9.19. The summed E-state index contributed by atoms with van der Waals surface area (Å²) in [5.41, 5.74) is -0.997. The zero-order valence-corrected chi connectivity index (χ0v) is 19.6. The molecule has 0 aliphatic carbocycles. The van der Waals surface area contributed by atoms with Crippen LogP contribution in [0.25, 0.3) is 11.0 Å². The van der Waals surface area contributed by atoms with Crippen LogP contribution < -0.4 is 14.8 Å². The normalized spacial score (nSPS) is 23.4. The van der Waals surface area contributed by atoms with E-state index in [4.69, 9.17) is 9.47 Å². The molecule has 4 rings (SSSR count). The van der Waals surface area contributed by atoms with Crippen LogP contribution in [0.3, 0.4) is 0 Å². The number of hydrogen-bond acceptors (Lipinski definition) is 6. The number of benzene rings is 1. The molecular weight excluding hydrogens is 449 g/mol. The first kappa shape index (κ1) is 24.3. The number of imidazole rings is 1. The van der Waals surface area contributed by atoms with Gasteiger partial charge in [0.25, 0.3) is 0 Å². The standard InChI is InChI=1S/C24H29F3N4O3/c1-14(2)31-13-29-20-8-18(7-19(22(20)31)24(25,26)27)34-12-17-10-23(32,9-15(3)30-17)16-5-6-21(33-4)28-11-16/h5-8,11,13-15,17,30,32H,9-10,12H2,1-4H3. The molecule has 2 N–H and O–H groups in total. The summed E-state index contributed by atoms with van der Waals surface area (Å²) in [6.07, 6.45) is -0.759. The number of halogens is 3. The fourth-order valence-corrected chi connectivity index (χ4v) is 4.67. The Morgan fingerprint density at radius 3 is 2.62 bits per heavy atom. The first-order chi connectivity index (χ1) is 16.0. The van der Waals surface area contributed by atoms with Gasteiger partial charge in [0.2, 0.25) is 5.88 Å². The summed E-state index contributed by atoms with van der Waals surface area (Å²) in [7, 11) is 1.52. The highest BCUT2D eigenvalue weighted by Crippen LogP contribution is 2.39. The maximum absolute atomic E-state index is 13.9. The second-order valence-corrected chi connectivity index (χ2v) is 9.19. The molecule has 2 aromatic heterocycles. The van der Waals surface area contributed by atoms with E-state index in [1.165, 1.54) is 24.1 Å². The van der Waals surface area contributed by atoms with Crippen LogP contribution in [0.15, 0.2) is 36.8 Å². The molecule has 3 unspecified atom stereocenters.